The molecule has 6 heteroatoms. The Hall–Kier alpha value is -2.34. The van der Waals surface area contributed by atoms with Crippen LogP contribution in [0.2, 0.25) is 0 Å². The third kappa shape index (κ3) is 4.61. The van der Waals surface area contributed by atoms with E-state index in [2.05, 4.69) is 20.6 Å². The summed E-state index contributed by atoms with van der Waals surface area (Å²) in [6.07, 6.45) is 2.40. The van der Waals surface area contributed by atoms with Crippen molar-refractivity contribution in [1.29, 1.82) is 0 Å². The van der Waals surface area contributed by atoms with Crippen molar-refractivity contribution in [2.45, 2.75) is 13.0 Å². The Morgan fingerprint density at radius 3 is 2.52 bits per heavy atom. The van der Waals surface area contributed by atoms with E-state index in [1.165, 1.54) is 11.9 Å². The molecule has 0 saturated carbocycles. The van der Waals surface area contributed by atoms with E-state index in [0.717, 1.165) is 13.0 Å². The van der Waals surface area contributed by atoms with Gasteiger partial charge in [0.1, 0.15) is 12.0 Å². The van der Waals surface area contributed by atoms with E-state index in [-0.39, 0.29) is 0 Å². The summed E-state index contributed by atoms with van der Waals surface area (Å²) < 4.78 is 5.00. The Morgan fingerprint density at radius 2 is 1.81 bits per heavy atom. The minimum atomic E-state index is 0.533. The van der Waals surface area contributed by atoms with Gasteiger partial charge in [-0.1, -0.05) is 30.3 Å². The second-order valence-electron chi connectivity index (χ2n) is 4.60. The van der Waals surface area contributed by atoms with Crippen LogP contribution in [0.1, 0.15) is 12.0 Å². The molecule has 0 amide bonds. The van der Waals surface area contributed by atoms with E-state index in [4.69, 9.17) is 10.5 Å². The van der Waals surface area contributed by atoms with E-state index in [9.17, 15) is 0 Å². The minimum absolute atomic E-state index is 0.533. The number of methoxy groups -OCH3 is 1. The molecule has 1 aromatic carbocycles. The SMILES string of the molecule is COCCCNc1ncnc(NCc2ccccc2)c1N. The Kier molecular flexibility index (Phi) is 5.78. The molecule has 2 aromatic rings. The van der Waals surface area contributed by atoms with Gasteiger partial charge in [0.2, 0.25) is 0 Å². The van der Waals surface area contributed by atoms with Crippen molar-refractivity contribution in [3.05, 3.63) is 42.2 Å². The van der Waals surface area contributed by atoms with Crippen molar-refractivity contribution in [2.24, 2.45) is 0 Å². The second kappa shape index (κ2) is 8.06. The summed E-state index contributed by atoms with van der Waals surface area (Å²) in [4.78, 5) is 8.35. The van der Waals surface area contributed by atoms with Gasteiger partial charge >= 0.3 is 0 Å². The zero-order chi connectivity index (χ0) is 14.9. The zero-order valence-corrected chi connectivity index (χ0v) is 12.2. The molecule has 0 fully saturated rings. The Balaban J connectivity index is 1.94. The summed E-state index contributed by atoms with van der Waals surface area (Å²) >= 11 is 0. The second-order valence-corrected chi connectivity index (χ2v) is 4.60. The van der Waals surface area contributed by atoms with Crippen LogP contribution < -0.4 is 16.4 Å². The number of hydrogen-bond donors (Lipinski definition) is 3. The van der Waals surface area contributed by atoms with Gasteiger partial charge in [0.25, 0.3) is 0 Å². The fraction of sp³-hybridized carbons (Fsp3) is 0.333. The van der Waals surface area contributed by atoms with Crippen LogP contribution in [-0.2, 0) is 11.3 Å². The first-order valence-electron chi connectivity index (χ1n) is 6.92. The molecular weight excluding hydrogens is 266 g/mol. The summed E-state index contributed by atoms with van der Waals surface area (Å²) in [7, 11) is 1.69. The zero-order valence-electron chi connectivity index (χ0n) is 12.2. The molecule has 0 aliphatic carbocycles. The van der Waals surface area contributed by atoms with Gasteiger partial charge in [-0.2, -0.15) is 0 Å². The monoisotopic (exact) mass is 287 g/mol. The molecule has 1 aromatic heterocycles. The highest BCUT2D eigenvalue weighted by atomic mass is 16.5. The highest BCUT2D eigenvalue weighted by Gasteiger charge is 2.07. The normalized spacial score (nSPS) is 10.3. The number of rotatable bonds is 8. The average Bonchev–Trinajstić information content (AvgIpc) is 2.53. The van der Waals surface area contributed by atoms with Crippen molar-refractivity contribution in [2.75, 3.05) is 36.6 Å². The standard InChI is InChI=1S/C15H21N5O/c1-21-9-5-8-17-14-13(16)15(20-11-19-14)18-10-12-6-3-2-4-7-12/h2-4,6-7,11H,5,8-10,16H2,1H3,(H2,17,18,19,20). The van der Waals surface area contributed by atoms with Crippen LogP contribution in [0.3, 0.4) is 0 Å². The van der Waals surface area contributed by atoms with Crippen molar-refractivity contribution >= 4 is 17.3 Å². The number of nitrogens with one attached hydrogen (secondary N) is 2. The molecule has 2 rings (SSSR count). The highest BCUT2D eigenvalue weighted by Crippen LogP contribution is 2.22. The fourth-order valence-electron chi connectivity index (χ4n) is 1.88. The van der Waals surface area contributed by atoms with Gasteiger partial charge in [-0.15, -0.1) is 0 Å². The molecule has 0 unspecified atom stereocenters. The summed E-state index contributed by atoms with van der Waals surface area (Å²) in [5.41, 5.74) is 7.79. The first kappa shape index (κ1) is 15.1. The Bertz CT molecular complexity index is 547. The summed E-state index contributed by atoms with van der Waals surface area (Å²) in [5.74, 6) is 1.29. The molecule has 0 atom stereocenters. The quantitative estimate of drug-likeness (QED) is 0.645. The number of benzene rings is 1. The molecular formula is C15H21N5O. The van der Waals surface area contributed by atoms with E-state index in [1.54, 1.807) is 7.11 Å². The van der Waals surface area contributed by atoms with Crippen molar-refractivity contribution < 1.29 is 4.74 Å². The van der Waals surface area contributed by atoms with Crippen LogP contribution in [0.5, 0.6) is 0 Å². The van der Waals surface area contributed by atoms with Crippen LogP contribution in [0.25, 0.3) is 0 Å². The molecule has 0 aliphatic heterocycles. The lowest BCUT2D eigenvalue weighted by atomic mass is 10.2. The smallest absolute Gasteiger partial charge is 0.155 e. The van der Waals surface area contributed by atoms with Crippen LogP contribution in [0.15, 0.2) is 36.7 Å². The summed E-state index contributed by atoms with van der Waals surface area (Å²) in [6, 6.07) is 10.1. The van der Waals surface area contributed by atoms with Crippen LogP contribution in [-0.4, -0.2) is 30.2 Å². The first-order chi connectivity index (χ1) is 10.3. The first-order valence-corrected chi connectivity index (χ1v) is 6.92. The molecule has 6 nitrogen and oxygen atoms in total. The van der Waals surface area contributed by atoms with Crippen LogP contribution in [0.4, 0.5) is 17.3 Å². The predicted molar refractivity (Wildman–Crippen MR) is 85.2 cm³/mol. The highest BCUT2D eigenvalue weighted by molar-refractivity contribution is 5.73. The molecule has 0 bridgehead atoms. The number of ether oxygens (including phenoxy) is 1. The van der Waals surface area contributed by atoms with Crippen molar-refractivity contribution in [3.63, 3.8) is 0 Å². The number of hydrogen-bond acceptors (Lipinski definition) is 6. The largest absolute Gasteiger partial charge is 0.393 e. The van der Waals surface area contributed by atoms with Gasteiger partial charge in [-0.05, 0) is 12.0 Å². The van der Waals surface area contributed by atoms with E-state index in [1.807, 2.05) is 30.3 Å². The van der Waals surface area contributed by atoms with Gasteiger partial charge in [0, 0.05) is 26.8 Å². The molecule has 0 radical (unpaired) electrons. The molecule has 1 heterocycles. The molecule has 4 N–H and O–H groups in total. The Labute approximate surface area is 124 Å². The van der Waals surface area contributed by atoms with Crippen LogP contribution in [0, 0.1) is 0 Å². The maximum absolute atomic E-state index is 6.08. The number of nitrogen functional groups attached to an aromatic ring is 1. The van der Waals surface area contributed by atoms with Crippen molar-refractivity contribution in [1.82, 2.24) is 9.97 Å². The van der Waals surface area contributed by atoms with Crippen LogP contribution >= 0.6 is 0 Å². The molecule has 0 spiro atoms. The number of nitrogens with two attached hydrogens (primary N) is 1. The van der Waals surface area contributed by atoms with Gasteiger partial charge in [0.15, 0.2) is 11.6 Å². The third-order valence-electron chi connectivity index (χ3n) is 3.00. The van der Waals surface area contributed by atoms with Gasteiger partial charge in [-0.25, -0.2) is 9.97 Å². The average molecular weight is 287 g/mol. The molecule has 21 heavy (non-hydrogen) atoms. The Morgan fingerprint density at radius 1 is 1.10 bits per heavy atom. The van der Waals surface area contributed by atoms with Gasteiger partial charge < -0.3 is 21.1 Å². The van der Waals surface area contributed by atoms with Crippen molar-refractivity contribution in [3.8, 4) is 0 Å². The number of aromatic nitrogens is 2. The lowest BCUT2D eigenvalue weighted by Gasteiger charge is -2.12. The topological polar surface area (TPSA) is 85.1 Å². The van der Waals surface area contributed by atoms with E-state index >= 15 is 0 Å². The maximum Gasteiger partial charge on any atom is 0.155 e. The maximum atomic E-state index is 6.08. The lowest BCUT2D eigenvalue weighted by Crippen LogP contribution is -2.11. The minimum Gasteiger partial charge on any atom is -0.393 e. The number of anilines is 3. The lowest BCUT2D eigenvalue weighted by molar-refractivity contribution is 0.198. The molecule has 0 aliphatic rings. The van der Waals surface area contributed by atoms with E-state index in [0.29, 0.717) is 30.5 Å². The van der Waals surface area contributed by atoms with E-state index < -0.39 is 0 Å². The van der Waals surface area contributed by atoms with Gasteiger partial charge in [-0.3, -0.25) is 0 Å². The summed E-state index contributed by atoms with van der Waals surface area (Å²) in [6.45, 7) is 2.13. The van der Waals surface area contributed by atoms with Gasteiger partial charge in [0.05, 0.1) is 0 Å². The molecule has 0 saturated heterocycles. The predicted octanol–water partition coefficient (Wildman–Crippen LogP) is 2.12. The third-order valence-corrected chi connectivity index (χ3v) is 3.00. The summed E-state index contributed by atoms with van der Waals surface area (Å²) in [5, 5.41) is 6.42. The fourth-order valence-corrected chi connectivity index (χ4v) is 1.88. The number of nitrogens with zero attached hydrogens (tertiary/aromatic N) is 2. The molecule has 112 valence electrons.